The second-order valence-electron chi connectivity index (χ2n) is 3.63. The molecule has 1 atom stereocenters. The maximum atomic E-state index is 10.5. The Balaban J connectivity index is 2.33. The van der Waals surface area contributed by atoms with E-state index in [0.29, 0.717) is 5.56 Å². The van der Waals surface area contributed by atoms with E-state index in [4.69, 9.17) is 5.21 Å². The van der Waals surface area contributed by atoms with E-state index in [1.54, 1.807) is 24.3 Å². The van der Waals surface area contributed by atoms with Gasteiger partial charge in [0, 0.05) is 0 Å². The molecule has 2 N–H and O–H groups in total. The number of aromatic nitrogens is 3. The summed E-state index contributed by atoms with van der Waals surface area (Å²) in [6.07, 6.45) is 3.94. The molecule has 1 unspecified atom stereocenters. The monoisotopic (exact) mass is 232 g/mol. The number of aliphatic hydroxyl groups is 1. The van der Waals surface area contributed by atoms with Gasteiger partial charge in [-0.25, -0.2) is 9.67 Å². The highest BCUT2D eigenvalue weighted by atomic mass is 16.4. The van der Waals surface area contributed by atoms with Crippen LogP contribution in [0.1, 0.15) is 5.56 Å². The molecule has 2 rings (SSSR count). The third kappa shape index (κ3) is 2.48. The van der Waals surface area contributed by atoms with Gasteiger partial charge in [0.2, 0.25) is 0 Å². The van der Waals surface area contributed by atoms with E-state index in [9.17, 15) is 5.11 Å². The lowest BCUT2D eigenvalue weighted by Crippen LogP contribution is -2.33. The highest BCUT2D eigenvalue weighted by Crippen LogP contribution is 2.20. The van der Waals surface area contributed by atoms with Crippen LogP contribution in [0, 0.1) is 0 Å². The first-order valence-electron chi connectivity index (χ1n) is 5.03. The smallest absolute Gasteiger partial charge is 0.147 e. The third-order valence-corrected chi connectivity index (χ3v) is 2.41. The van der Waals surface area contributed by atoms with Crippen molar-refractivity contribution in [2.45, 2.75) is 12.1 Å². The Labute approximate surface area is 97.8 Å². The highest BCUT2D eigenvalue weighted by molar-refractivity contribution is 5.70. The van der Waals surface area contributed by atoms with Crippen LogP contribution in [0.5, 0.6) is 0 Å². The lowest BCUT2D eigenvalue weighted by atomic mass is 9.95. The second kappa shape index (κ2) is 4.75. The van der Waals surface area contributed by atoms with Crippen molar-refractivity contribution in [3.8, 4) is 0 Å². The Morgan fingerprint density at radius 1 is 1.35 bits per heavy atom. The van der Waals surface area contributed by atoms with Crippen LogP contribution in [0.3, 0.4) is 0 Å². The minimum atomic E-state index is -1.41. The van der Waals surface area contributed by atoms with Crippen molar-refractivity contribution < 1.29 is 10.3 Å². The van der Waals surface area contributed by atoms with E-state index >= 15 is 0 Å². The third-order valence-electron chi connectivity index (χ3n) is 2.41. The molecule has 0 aliphatic carbocycles. The van der Waals surface area contributed by atoms with Gasteiger partial charge in [-0.3, -0.25) is 0 Å². The number of nitrogens with zero attached hydrogens (tertiary/aromatic N) is 4. The fourth-order valence-electron chi connectivity index (χ4n) is 1.59. The lowest BCUT2D eigenvalue weighted by molar-refractivity contribution is 0.0883. The van der Waals surface area contributed by atoms with Crippen LogP contribution in [0.2, 0.25) is 0 Å². The van der Waals surface area contributed by atoms with Crippen LogP contribution in [0.25, 0.3) is 0 Å². The van der Waals surface area contributed by atoms with Crippen LogP contribution in [-0.2, 0) is 12.1 Å². The van der Waals surface area contributed by atoms with E-state index in [1.807, 2.05) is 6.07 Å². The standard InChI is InChI=1S/C11H12N4O2/c16-11(6-14-17,7-15-9-12-8-13-15)10-4-2-1-3-5-10/h1-6,8-9,16-17H,7H2/b14-6+. The van der Waals surface area contributed by atoms with Crippen LogP contribution >= 0.6 is 0 Å². The van der Waals surface area contributed by atoms with Gasteiger partial charge in [-0.15, -0.1) is 0 Å². The molecule has 1 aromatic carbocycles. The number of hydrogen-bond donors (Lipinski definition) is 2. The number of hydrogen-bond acceptors (Lipinski definition) is 5. The largest absolute Gasteiger partial charge is 0.411 e. The molecule has 6 nitrogen and oxygen atoms in total. The summed E-state index contributed by atoms with van der Waals surface area (Å²) in [5.74, 6) is 0. The maximum absolute atomic E-state index is 10.5. The summed E-state index contributed by atoms with van der Waals surface area (Å²) in [6, 6.07) is 8.94. The molecule has 0 spiro atoms. The minimum Gasteiger partial charge on any atom is -0.411 e. The molecule has 0 saturated heterocycles. The van der Waals surface area contributed by atoms with Crippen molar-refractivity contribution in [2.75, 3.05) is 0 Å². The van der Waals surface area contributed by atoms with Crippen LogP contribution < -0.4 is 0 Å². The fraction of sp³-hybridized carbons (Fsp3) is 0.182. The quantitative estimate of drug-likeness (QED) is 0.460. The molecule has 0 saturated carbocycles. The molecule has 88 valence electrons. The van der Waals surface area contributed by atoms with Crippen LogP contribution in [0.15, 0.2) is 48.1 Å². The second-order valence-corrected chi connectivity index (χ2v) is 3.63. The fourth-order valence-corrected chi connectivity index (χ4v) is 1.59. The van der Waals surface area contributed by atoms with Gasteiger partial charge in [0.25, 0.3) is 0 Å². The van der Waals surface area contributed by atoms with Crippen molar-refractivity contribution >= 4 is 6.21 Å². The van der Waals surface area contributed by atoms with Gasteiger partial charge in [-0.1, -0.05) is 35.5 Å². The van der Waals surface area contributed by atoms with Gasteiger partial charge in [0.15, 0.2) is 0 Å². The molecule has 1 heterocycles. The van der Waals surface area contributed by atoms with E-state index in [2.05, 4.69) is 15.2 Å². The Kier molecular flexibility index (Phi) is 3.15. The number of benzene rings is 1. The summed E-state index contributed by atoms with van der Waals surface area (Å²) >= 11 is 0. The van der Waals surface area contributed by atoms with E-state index in [-0.39, 0.29) is 6.54 Å². The zero-order valence-corrected chi connectivity index (χ0v) is 9.01. The van der Waals surface area contributed by atoms with E-state index in [0.717, 1.165) is 6.21 Å². The predicted molar refractivity (Wildman–Crippen MR) is 60.6 cm³/mol. The Morgan fingerprint density at radius 3 is 2.71 bits per heavy atom. The first-order valence-corrected chi connectivity index (χ1v) is 5.03. The average molecular weight is 232 g/mol. The number of oxime groups is 1. The topological polar surface area (TPSA) is 83.5 Å². The van der Waals surface area contributed by atoms with Crippen LogP contribution in [-0.4, -0.2) is 31.3 Å². The zero-order valence-electron chi connectivity index (χ0n) is 9.01. The summed E-state index contributed by atoms with van der Waals surface area (Å²) in [5, 5.41) is 26.0. The molecule has 1 aromatic heterocycles. The highest BCUT2D eigenvalue weighted by Gasteiger charge is 2.28. The molecule has 0 aliphatic heterocycles. The van der Waals surface area contributed by atoms with Crippen LogP contribution in [0.4, 0.5) is 0 Å². The molecule has 0 radical (unpaired) electrons. The van der Waals surface area contributed by atoms with Crippen molar-refractivity contribution in [3.63, 3.8) is 0 Å². The Hall–Kier alpha value is -2.21. The molecule has 0 aliphatic rings. The normalized spacial score (nSPS) is 14.9. The van der Waals surface area contributed by atoms with E-state index < -0.39 is 5.60 Å². The Morgan fingerprint density at radius 2 is 2.12 bits per heavy atom. The van der Waals surface area contributed by atoms with Gasteiger partial charge >= 0.3 is 0 Å². The average Bonchev–Trinajstić information content (AvgIpc) is 2.83. The lowest BCUT2D eigenvalue weighted by Gasteiger charge is -2.23. The van der Waals surface area contributed by atoms with Crippen molar-refractivity contribution in [1.82, 2.24) is 14.8 Å². The molecule has 2 aromatic rings. The minimum absolute atomic E-state index is 0.126. The van der Waals surface area contributed by atoms with Gasteiger partial charge in [-0.2, -0.15) is 5.10 Å². The Bertz CT molecular complexity index is 483. The molecular weight excluding hydrogens is 220 g/mol. The van der Waals surface area contributed by atoms with Gasteiger partial charge in [0.05, 0.1) is 12.8 Å². The molecule has 6 heteroatoms. The molecule has 17 heavy (non-hydrogen) atoms. The van der Waals surface area contributed by atoms with Gasteiger partial charge in [0.1, 0.15) is 18.3 Å². The summed E-state index contributed by atoms with van der Waals surface area (Å²) in [4.78, 5) is 3.79. The first kappa shape index (κ1) is 11.3. The zero-order chi connectivity index (χ0) is 12.1. The number of rotatable bonds is 4. The molecule has 0 amide bonds. The first-order chi connectivity index (χ1) is 8.24. The summed E-state index contributed by atoms with van der Waals surface area (Å²) in [6.45, 7) is 0.126. The van der Waals surface area contributed by atoms with Gasteiger partial charge < -0.3 is 10.3 Å². The van der Waals surface area contributed by atoms with Gasteiger partial charge in [-0.05, 0) is 5.56 Å². The molecule has 0 bridgehead atoms. The molecular formula is C11H12N4O2. The van der Waals surface area contributed by atoms with E-state index in [1.165, 1.54) is 17.3 Å². The summed E-state index contributed by atoms with van der Waals surface area (Å²) < 4.78 is 1.47. The molecule has 0 fully saturated rings. The summed E-state index contributed by atoms with van der Waals surface area (Å²) in [7, 11) is 0. The SMILES string of the molecule is O/N=C/C(O)(Cn1cncn1)c1ccccc1. The van der Waals surface area contributed by atoms with Crippen molar-refractivity contribution in [3.05, 3.63) is 48.5 Å². The van der Waals surface area contributed by atoms with Crippen molar-refractivity contribution in [1.29, 1.82) is 0 Å². The summed E-state index contributed by atoms with van der Waals surface area (Å²) in [5.41, 5.74) is -0.794. The van der Waals surface area contributed by atoms with Crippen molar-refractivity contribution in [2.24, 2.45) is 5.16 Å². The maximum Gasteiger partial charge on any atom is 0.147 e. The predicted octanol–water partition coefficient (Wildman–Crippen LogP) is 0.626.